The van der Waals surface area contributed by atoms with Crippen LogP contribution in [0.25, 0.3) is 0 Å². The predicted octanol–water partition coefficient (Wildman–Crippen LogP) is 5.75. The average Bonchev–Trinajstić information content (AvgIpc) is 2.72. The molecular weight excluding hydrogens is 373 g/mol. The highest BCUT2D eigenvalue weighted by Crippen LogP contribution is 2.26. The Morgan fingerprint density at radius 1 is 1.18 bits per heavy atom. The molecular formula is C23H28FNO2S. The molecule has 150 valence electrons. The summed E-state index contributed by atoms with van der Waals surface area (Å²) in [6, 6.07) is 11.0. The molecule has 0 aliphatic heterocycles. The van der Waals surface area contributed by atoms with Crippen LogP contribution < -0.4 is 10.1 Å². The van der Waals surface area contributed by atoms with Crippen molar-refractivity contribution < 1.29 is 13.9 Å². The lowest BCUT2D eigenvalue weighted by molar-refractivity contribution is 0.0943. The number of thioether (sulfide) groups is 1. The van der Waals surface area contributed by atoms with E-state index >= 15 is 0 Å². The van der Waals surface area contributed by atoms with E-state index in [0.717, 1.165) is 5.56 Å². The van der Waals surface area contributed by atoms with Crippen molar-refractivity contribution in [2.24, 2.45) is 5.92 Å². The van der Waals surface area contributed by atoms with Gasteiger partial charge in [-0.3, -0.25) is 4.79 Å². The van der Waals surface area contributed by atoms with Crippen molar-refractivity contribution in [3.05, 3.63) is 58.9 Å². The zero-order valence-corrected chi connectivity index (χ0v) is 17.4. The summed E-state index contributed by atoms with van der Waals surface area (Å²) < 4.78 is 20.3. The first-order chi connectivity index (χ1) is 13.6. The van der Waals surface area contributed by atoms with Gasteiger partial charge in [0.1, 0.15) is 6.61 Å². The summed E-state index contributed by atoms with van der Waals surface area (Å²) in [5.74, 6) is 0.0387. The Morgan fingerprint density at radius 3 is 2.54 bits per heavy atom. The lowest BCUT2D eigenvalue weighted by atomic mass is 9.89. The highest BCUT2D eigenvalue weighted by molar-refractivity contribution is 7.98. The fourth-order valence-corrected chi connectivity index (χ4v) is 4.06. The summed E-state index contributed by atoms with van der Waals surface area (Å²) in [6.07, 6.45) is 8.12. The third-order valence-corrected chi connectivity index (χ3v) is 6.05. The molecule has 0 unspecified atom stereocenters. The average molecular weight is 402 g/mol. The van der Waals surface area contributed by atoms with Crippen molar-refractivity contribution >= 4 is 17.7 Å². The second kappa shape index (κ2) is 9.97. The van der Waals surface area contributed by atoms with Crippen LogP contribution in [0.15, 0.2) is 41.3 Å². The van der Waals surface area contributed by atoms with Crippen LogP contribution in [0.3, 0.4) is 0 Å². The normalized spacial score (nSPS) is 14.7. The largest absolute Gasteiger partial charge is 0.486 e. The van der Waals surface area contributed by atoms with E-state index in [1.807, 2.05) is 30.5 Å². The van der Waals surface area contributed by atoms with E-state index in [1.54, 1.807) is 24.8 Å². The van der Waals surface area contributed by atoms with Gasteiger partial charge in [0, 0.05) is 17.0 Å². The van der Waals surface area contributed by atoms with Gasteiger partial charge in [0.25, 0.3) is 5.91 Å². The fourth-order valence-electron chi connectivity index (χ4n) is 3.65. The Balaban J connectivity index is 1.60. The maximum absolute atomic E-state index is 14.6. The number of carbonyl (C=O) groups is 1. The third kappa shape index (κ3) is 5.51. The molecule has 0 saturated heterocycles. The van der Waals surface area contributed by atoms with Crippen LogP contribution in [-0.4, -0.2) is 18.7 Å². The van der Waals surface area contributed by atoms with Crippen LogP contribution in [0.4, 0.5) is 4.39 Å². The van der Waals surface area contributed by atoms with Crippen LogP contribution in [0, 0.1) is 18.7 Å². The van der Waals surface area contributed by atoms with E-state index in [1.165, 1.54) is 43.1 Å². The first kappa shape index (κ1) is 20.7. The lowest BCUT2D eigenvalue weighted by Gasteiger charge is -2.21. The fraction of sp³-hybridized carbons (Fsp3) is 0.435. The van der Waals surface area contributed by atoms with Gasteiger partial charge >= 0.3 is 0 Å². The minimum atomic E-state index is -0.497. The maximum Gasteiger partial charge on any atom is 0.251 e. The Labute approximate surface area is 171 Å². The Hall–Kier alpha value is -2.01. The molecule has 1 amide bonds. The molecule has 5 heteroatoms. The Kier molecular flexibility index (Phi) is 7.37. The van der Waals surface area contributed by atoms with Gasteiger partial charge in [-0.05, 0) is 67.3 Å². The molecule has 2 aromatic rings. The molecule has 3 rings (SSSR count). The summed E-state index contributed by atoms with van der Waals surface area (Å²) >= 11 is 1.68. The molecule has 0 aromatic heterocycles. The highest BCUT2D eigenvalue weighted by Gasteiger charge is 2.17. The molecule has 1 fully saturated rings. The van der Waals surface area contributed by atoms with Crippen molar-refractivity contribution in [2.75, 3.05) is 12.8 Å². The second-order valence-corrected chi connectivity index (χ2v) is 8.33. The Bertz CT molecular complexity index is 778. The third-order valence-electron chi connectivity index (χ3n) is 5.31. The van der Waals surface area contributed by atoms with Crippen LogP contribution in [0.5, 0.6) is 5.75 Å². The minimum Gasteiger partial charge on any atom is -0.486 e. The minimum absolute atomic E-state index is 0.206. The van der Waals surface area contributed by atoms with Gasteiger partial charge in [0.05, 0.1) is 0 Å². The van der Waals surface area contributed by atoms with Gasteiger partial charge in [0.2, 0.25) is 0 Å². The molecule has 1 aliphatic carbocycles. The second-order valence-electron chi connectivity index (χ2n) is 7.45. The zero-order chi connectivity index (χ0) is 19.9. The van der Waals surface area contributed by atoms with Crippen LogP contribution in [-0.2, 0) is 6.61 Å². The van der Waals surface area contributed by atoms with Crippen LogP contribution in [0.2, 0.25) is 0 Å². The predicted molar refractivity (Wildman–Crippen MR) is 113 cm³/mol. The summed E-state index contributed by atoms with van der Waals surface area (Å²) in [7, 11) is 0. The van der Waals surface area contributed by atoms with Crippen LogP contribution in [0.1, 0.15) is 53.6 Å². The first-order valence-electron chi connectivity index (χ1n) is 9.91. The number of hydrogen-bond donors (Lipinski definition) is 1. The van der Waals surface area contributed by atoms with Gasteiger partial charge in [0.15, 0.2) is 11.6 Å². The number of aryl methyl sites for hydroxylation is 1. The summed E-state index contributed by atoms with van der Waals surface area (Å²) in [5.41, 5.74) is 1.96. The molecule has 1 N–H and O–H groups in total. The number of nitrogens with one attached hydrogen (secondary N) is 1. The maximum atomic E-state index is 14.6. The van der Waals surface area contributed by atoms with E-state index in [2.05, 4.69) is 5.32 Å². The number of halogens is 1. The summed E-state index contributed by atoms with van der Waals surface area (Å²) in [5, 5.41) is 2.96. The zero-order valence-electron chi connectivity index (χ0n) is 16.6. The standard InChI is InChI=1S/C23H28FNO2S/c1-16-12-19(23(26)25-14-17-6-4-3-5-7-17)13-21(24)22(16)27-15-18-8-10-20(28-2)11-9-18/h8-13,17H,3-7,14-15H2,1-2H3,(H,25,26). The van der Waals surface area contributed by atoms with Crippen LogP contribution >= 0.6 is 11.8 Å². The van der Waals surface area contributed by atoms with Crippen molar-refractivity contribution in [1.29, 1.82) is 0 Å². The SMILES string of the molecule is CSc1ccc(COc2c(C)cc(C(=O)NCC3CCCCC3)cc2F)cc1. The molecule has 3 nitrogen and oxygen atoms in total. The number of carbonyl (C=O) groups excluding carboxylic acids is 1. The van der Waals surface area contributed by atoms with E-state index in [0.29, 0.717) is 30.2 Å². The van der Waals surface area contributed by atoms with E-state index in [4.69, 9.17) is 4.74 Å². The molecule has 2 aromatic carbocycles. The number of ether oxygens (including phenoxy) is 1. The van der Waals surface area contributed by atoms with Gasteiger partial charge < -0.3 is 10.1 Å². The molecule has 0 atom stereocenters. The molecule has 0 spiro atoms. The van der Waals surface area contributed by atoms with E-state index in [9.17, 15) is 9.18 Å². The number of hydrogen-bond acceptors (Lipinski definition) is 3. The summed E-state index contributed by atoms with van der Waals surface area (Å²) in [4.78, 5) is 13.6. The number of rotatable bonds is 7. The van der Waals surface area contributed by atoms with Gasteiger partial charge in [-0.1, -0.05) is 31.4 Å². The van der Waals surface area contributed by atoms with Gasteiger partial charge in [-0.2, -0.15) is 0 Å². The molecule has 0 heterocycles. The topological polar surface area (TPSA) is 38.3 Å². The number of benzene rings is 2. The molecule has 1 saturated carbocycles. The van der Waals surface area contributed by atoms with Crippen molar-refractivity contribution in [3.63, 3.8) is 0 Å². The molecule has 0 bridgehead atoms. The van der Waals surface area contributed by atoms with Crippen molar-refractivity contribution in [1.82, 2.24) is 5.32 Å². The molecule has 0 radical (unpaired) electrons. The molecule has 28 heavy (non-hydrogen) atoms. The highest BCUT2D eigenvalue weighted by atomic mass is 32.2. The quantitative estimate of drug-likeness (QED) is 0.601. The molecule has 1 aliphatic rings. The number of amides is 1. The van der Waals surface area contributed by atoms with Gasteiger partial charge in [-0.25, -0.2) is 4.39 Å². The lowest BCUT2D eigenvalue weighted by Crippen LogP contribution is -2.30. The van der Waals surface area contributed by atoms with E-state index in [-0.39, 0.29) is 11.7 Å². The van der Waals surface area contributed by atoms with Crippen molar-refractivity contribution in [3.8, 4) is 5.75 Å². The van der Waals surface area contributed by atoms with Crippen molar-refractivity contribution in [2.45, 2.75) is 50.5 Å². The Morgan fingerprint density at radius 2 is 1.89 bits per heavy atom. The summed E-state index contributed by atoms with van der Waals surface area (Å²) in [6.45, 7) is 2.73. The van der Waals surface area contributed by atoms with Gasteiger partial charge in [-0.15, -0.1) is 11.8 Å². The smallest absolute Gasteiger partial charge is 0.251 e. The first-order valence-corrected chi connectivity index (χ1v) is 11.1. The monoisotopic (exact) mass is 401 g/mol. The van der Waals surface area contributed by atoms with E-state index < -0.39 is 5.82 Å².